The molecule has 0 heterocycles. The van der Waals surface area contributed by atoms with Gasteiger partial charge in [0.2, 0.25) is 0 Å². The van der Waals surface area contributed by atoms with Gasteiger partial charge >= 0.3 is 12.0 Å². The van der Waals surface area contributed by atoms with E-state index in [-0.39, 0.29) is 16.9 Å². The number of imide groups is 1. The van der Waals surface area contributed by atoms with Gasteiger partial charge in [0.1, 0.15) is 0 Å². The van der Waals surface area contributed by atoms with Gasteiger partial charge in [-0.05, 0) is 63.2 Å². The lowest BCUT2D eigenvalue weighted by atomic mass is 9.49. The maximum absolute atomic E-state index is 12.7. The van der Waals surface area contributed by atoms with Crippen LogP contribution in [0.2, 0.25) is 0 Å². The van der Waals surface area contributed by atoms with Gasteiger partial charge in [0.05, 0.1) is 5.41 Å². The van der Waals surface area contributed by atoms with E-state index in [1.807, 2.05) is 0 Å². The second-order valence-corrected chi connectivity index (χ2v) is 9.77. The minimum Gasteiger partial charge on any atom is -0.455 e. The third-order valence-corrected chi connectivity index (χ3v) is 7.14. The fourth-order valence-corrected chi connectivity index (χ4v) is 6.82. The van der Waals surface area contributed by atoms with Crippen LogP contribution < -0.4 is 10.6 Å². The second kappa shape index (κ2) is 6.70. The molecule has 3 amide bonds. The van der Waals surface area contributed by atoms with E-state index in [2.05, 4.69) is 10.6 Å². The zero-order valence-corrected chi connectivity index (χ0v) is 15.8. The molecule has 2 N–H and O–H groups in total. The molecule has 0 saturated heterocycles. The predicted molar refractivity (Wildman–Crippen MR) is 95.6 cm³/mol. The smallest absolute Gasteiger partial charge is 0.321 e. The molecule has 4 bridgehead atoms. The summed E-state index contributed by atoms with van der Waals surface area (Å²) in [4.78, 5) is 36.2. The molecule has 0 radical (unpaired) electrons. The minimum absolute atomic E-state index is 0.136. The zero-order chi connectivity index (χ0) is 18.4. The molecule has 0 unspecified atom stereocenters. The number of carbonyl (C=O) groups excluding carboxylic acids is 3. The van der Waals surface area contributed by atoms with Crippen molar-refractivity contribution in [2.45, 2.75) is 75.1 Å². The summed E-state index contributed by atoms with van der Waals surface area (Å²) in [6.07, 6.45) is 9.52. The Morgan fingerprint density at radius 3 is 2.31 bits per heavy atom. The van der Waals surface area contributed by atoms with E-state index >= 15 is 0 Å². The summed E-state index contributed by atoms with van der Waals surface area (Å²) in [5.41, 5.74) is -0.530. The van der Waals surface area contributed by atoms with E-state index in [0.29, 0.717) is 18.3 Å². The van der Waals surface area contributed by atoms with Gasteiger partial charge in [0.15, 0.2) is 6.61 Å². The van der Waals surface area contributed by atoms with Crippen molar-refractivity contribution < 1.29 is 19.1 Å². The lowest BCUT2D eigenvalue weighted by Gasteiger charge is -2.58. The van der Waals surface area contributed by atoms with Crippen LogP contribution in [0.1, 0.15) is 64.2 Å². The minimum atomic E-state index is -0.584. The monoisotopic (exact) mass is 382 g/mol. The number of urea groups is 1. The van der Waals surface area contributed by atoms with E-state index in [0.717, 1.165) is 57.8 Å². The molecule has 0 aromatic rings. The third kappa shape index (κ3) is 3.57. The first-order valence-electron chi connectivity index (χ1n) is 9.82. The summed E-state index contributed by atoms with van der Waals surface area (Å²) in [5, 5.41) is 5.03. The molecule has 0 aromatic carbocycles. The van der Waals surface area contributed by atoms with Crippen molar-refractivity contribution in [2.24, 2.45) is 17.3 Å². The molecular weight excluding hydrogens is 356 g/mol. The summed E-state index contributed by atoms with van der Waals surface area (Å²) >= 11 is 6.74. The lowest BCUT2D eigenvalue weighted by Crippen LogP contribution is -2.56. The summed E-state index contributed by atoms with van der Waals surface area (Å²) in [7, 11) is 0. The van der Waals surface area contributed by atoms with E-state index in [4.69, 9.17) is 16.3 Å². The molecule has 5 aliphatic carbocycles. The van der Waals surface area contributed by atoms with Crippen LogP contribution in [0.25, 0.3) is 0 Å². The first-order chi connectivity index (χ1) is 12.4. The number of hydrogen-bond acceptors (Lipinski definition) is 4. The molecule has 26 heavy (non-hydrogen) atoms. The average Bonchev–Trinajstić information content (AvgIpc) is 3.02. The molecule has 144 valence electrons. The number of halogens is 1. The summed E-state index contributed by atoms with van der Waals surface area (Å²) in [5.74, 6) is 0.0850. The van der Waals surface area contributed by atoms with Gasteiger partial charge in [0.25, 0.3) is 5.91 Å². The van der Waals surface area contributed by atoms with Gasteiger partial charge in [-0.2, -0.15) is 0 Å². The van der Waals surface area contributed by atoms with Crippen LogP contribution in [-0.4, -0.2) is 35.4 Å². The SMILES string of the molecule is O=C(COC(=O)C12C[C@@H]3C[C@H](CC(Cl)(C3)C1)C2)NC(=O)NC1CCCC1. The normalized spacial score (nSPS) is 38.2. The number of carbonyl (C=O) groups is 3. The Bertz CT molecular complexity index is 603. The second-order valence-electron chi connectivity index (χ2n) is 8.97. The summed E-state index contributed by atoms with van der Waals surface area (Å²) < 4.78 is 5.31. The highest BCUT2D eigenvalue weighted by atomic mass is 35.5. The van der Waals surface area contributed by atoms with Crippen LogP contribution in [0.3, 0.4) is 0 Å². The number of alkyl halides is 1. The van der Waals surface area contributed by atoms with Crippen molar-refractivity contribution in [3.05, 3.63) is 0 Å². The molecule has 5 saturated carbocycles. The number of ether oxygens (including phenoxy) is 1. The molecular formula is C19H27ClN2O4. The number of esters is 1. The van der Waals surface area contributed by atoms with E-state index in [1.165, 1.54) is 0 Å². The fourth-order valence-electron chi connectivity index (χ4n) is 6.13. The van der Waals surface area contributed by atoms with Gasteiger partial charge in [-0.15, -0.1) is 11.6 Å². The fraction of sp³-hybridized carbons (Fsp3) is 0.842. The predicted octanol–water partition coefficient (Wildman–Crippen LogP) is 2.88. The number of amides is 3. The number of hydrogen-bond donors (Lipinski definition) is 2. The largest absolute Gasteiger partial charge is 0.455 e. The van der Waals surface area contributed by atoms with Crippen LogP contribution in [0, 0.1) is 17.3 Å². The zero-order valence-electron chi connectivity index (χ0n) is 15.0. The van der Waals surface area contributed by atoms with Crippen molar-refractivity contribution in [3.8, 4) is 0 Å². The average molecular weight is 383 g/mol. The molecule has 5 rings (SSSR count). The van der Waals surface area contributed by atoms with Gasteiger partial charge < -0.3 is 10.1 Å². The molecule has 0 aliphatic heterocycles. The van der Waals surface area contributed by atoms with E-state index in [9.17, 15) is 14.4 Å². The van der Waals surface area contributed by atoms with Crippen molar-refractivity contribution in [1.82, 2.24) is 10.6 Å². The first kappa shape index (κ1) is 18.1. The maximum Gasteiger partial charge on any atom is 0.321 e. The third-order valence-electron chi connectivity index (χ3n) is 6.70. The molecule has 2 atom stereocenters. The molecule has 0 aromatic heterocycles. The van der Waals surface area contributed by atoms with Crippen molar-refractivity contribution in [1.29, 1.82) is 0 Å². The number of rotatable bonds is 4. The van der Waals surface area contributed by atoms with Crippen molar-refractivity contribution in [2.75, 3.05) is 6.61 Å². The first-order valence-corrected chi connectivity index (χ1v) is 10.2. The highest BCUT2D eigenvalue weighted by Crippen LogP contribution is 2.64. The van der Waals surface area contributed by atoms with E-state index < -0.39 is 24.0 Å². The Labute approximate surface area is 158 Å². The molecule has 7 heteroatoms. The quantitative estimate of drug-likeness (QED) is 0.578. The molecule has 5 aliphatic rings. The van der Waals surface area contributed by atoms with Crippen molar-refractivity contribution >= 4 is 29.5 Å². The molecule has 6 nitrogen and oxygen atoms in total. The van der Waals surface area contributed by atoms with E-state index in [1.54, 1.807) is 0 Å². The van der Waals surface area contributed by atoms with Crippen LogP contribution in [0.15, 0.2) is 0 Å². The number of nitrogens with one attached hydrogen (secondary N) is 2. The Hall–Kier alpha value is -1.30. The summed E-state index contributed by atoms with van der Waals surface area (Å²) in [6.45, 7) is -0.413. The van der Waals surface area contributed by atoms with Crippen LogP contribution in [0.5, 0.6) is 0 Å². The highest BCUT2D eigenvalue weighted by molar-refractivity contribution is 6.24. The Morgan fingerprint density at radius 2 is 1.69 bits per heavy atom. The van der Waals surface area contributed by atoms with Crippen LogP contribution in [0.4, 0.5) is 4.79 Å². The maximum atomic E-state index is 12.7. The standard InChI is InChI=1S/C19H27ClN2O4/c20-19-8-12-5-13(9-19)7-18(6-12,11-19)16(24)26-10-15(23)22-17(25)21-14-3-1-2-4-14/h12-14H,1-11H2,(H2,21,22,23,25)/t12-,13-,18?,19?/m0/s1. The topological polar surface area (TPSA) is 84.5 Å². The van der Waals surface area contributed by atoms with Crippen LogP contribution in [-0.2, 0) is 14.3 Å². The molecule has 0 spiro atoms. The Kier molecular flexibility index (Phi) is 4.66. The van der Waals surface area contributed by atoms with Gasteiger partial charge in [0, 0.05) is 10.9 Å². The Balaban J connectivity index is 1.27. The van der Waals surface area contributed by atoms with Crippen molar-refractivity contribution in [3.63, 3.8) is 0 Å². The van der Waals surface area contributed by atoms with Gasteiger partial charge in [-0.25, -0.2) is 4.79 Å². The lowest BCUT2D eigenvalue weighted by molar-refractivity contribution is -0.171. The van der Waals surface area contributed by atoms with Gasteiger partial charge in [-0.1, -0.05) is 12.8 Å². The summed E-state index contributed by atoms with van der Waals surface area (Å²) in [6, 6.07) is -0.371. The molecule has 5 fully saturated rings. The van der Waals surface area contributed by atoms with Gasteiger partial charge in [-0.3, -0.25) is 14.9 Å². The van der Waals surface area contributed by atoms with Crippen LogP contribution >= 0.6 is 11.6 Å². The Morgan fingerprint density at radius 1 is 1.04 bits per heavy atom. The highest BCUT2D eigenvalue weighted by Gasteiger charge is 2.60.